The molecule has 0 heterocycles. The van der Waals surface area contributed by atoms with Crippen LogP contribution in [-0.4, -0.2) is 18.1 Å². The normalized spacial score (nSPS) is 10.9. The minimum Gasteiger partial charge on any atom is -0.495 e. The highest BCUT2D eigenvalue weighted by molar-refractivity contribution is 7.80. The molecule has 2 aromatic rings. The van der Waals surface area contributed by atoms with Crippen LogP contribution >= 0.6 is 12.2 Å². The van der Waals surface area contributed by atoms with Gasteiger partial charge < -0.3 is 15.8 Å². The highest BCUT2D eigenvalue weighted by Crippen LogP contribution is 2.25. The highest BCUT2D eigenvalue weighted by atomic mass is 32.1. The van der Waals surface area contributed by atoms with Gasteiger partial charge in [0.2, 0.25) is 0 Å². The van der Waals surface area contributed by atoms with E-state index < -0.39 is 0 Å². The van der Waals surface area contributed by atoms with E-state index in [4.69, 9.17) is 22.7 Å². The van der Waals surface area contributed by atoms with Crippen molar-refractivity contribution in [2.75, 3.05) is 18.2 Å². The minimum atomic E-state index is -0.264. The number of nitrogens with two attached hydrogens (primary N) is 1. The number of amides is 1. The number of nitrogens with one attached hydrogen (secondary N) is 2. The largest absolute Gasteiger partial charge is 0.495 e. The third-order valence-corrected chi connectivity index (χ3v) is 3.94. The molecule has 4 N–H and O–H groups in total. The molecule has 0 saturated heterocycles. The number of carbonyl (C=O) groups excluding carboxylic acids is 1. The van der Waals surface area contributed by atoms with Crippen LogP contribution in [0.25, 0.3) is 0 Å². The molecule has 1 amide bonds. The van der Waals surface area contributed by atoms with Crippen molar-refractivity contribution in [3.63, 3.8) is 0 Å². The molecule has 6 heteroatoms. The van der Waals surface area contributed by atoms with Crippen molar-refractivity contribution in [3.05, 3.63) is 53.6 Å². The Hall–Kier alpha value is -2.60. The lowest BCUT2D eigenvalue weighted by molar-refractivity contribution is 0.0977. The summed E-state index contributed by atoms with van der Waals surface area (Å²) in [7, 11) is 1.54. The second kappa shape index (κ2) is 7.53. The summed E-state index contributed by atoms with van der Waals surface area (Å²) in [5.41, 5.74) is 8.74. The van der Waals surface area contributed by atoms with Crippen LogP contribution in [0.5, 0.6) is 5.75 Å². The zero-order valence-corrected chi connectivity index (χ0v) is 15.7. The lowest BCUT2D eigenvalue weighted by Crippen LogP contribution is -2.34. The third kappa shape index (κ3) is 4.93. The molecule has 0 bridgehead atoms. The second-order valence-electron chi connectivity index (χ2n) is 6.69. The number of ether oxygens (including phenoxy) is 1. The van der Waals surface area contributed by atoms with Gasteiger partial charge in [0, 0.05) is 17.3 Å². The molecule has 0 aliphatic rings. The van der Waals surface area contributed by atoms with E-state index in [0.29, 0.717) is 22.7 Å². The molecular weight excluding hydrogens is 334 g/mol. The Labute approximate surface area is 153 Å². The van der Waals surface area contributed by atoms with E-state index in [-0.39, 0.29) is 16.4 Å². The third-order valence-electron chi connectivity index (χ3n) is 3.73. The number of anilines is 2. The van der Waals surface area contributed by atoms with E-state index in [1.165, 1.54) is 12.7 Å². The summed E-state index contributed by atoms with van der Waals surface area (Å²) in [4.78, 5) is 12.3. The summed E-state index contributed by atoms with van der Waals surface area (Å²) in [6, 6.07) is 12.7. The Balaban J connectivity index is 2.01. The van der Waals surface area contributed by atoms with Crippen LogP contribution in [0, 0.1) is 0 Å². The average Bonchev–Trinajstić information content (AvgIpc) is 2.55. The molecule has 0 fully saturated rings. The van der Waals surface area contributed by atoms with E-state index in [9.17, 15) is 4.79 Å². The maximum absolute atomic E-state index is 12.3. The van der Waals surface area contributed by atoms with Crippen molar-refractivity contribution in [3.8, 4) is 5.75 Å². The van der Waals surface area contributed by atoms with E-state index in [1.807, 2.05) is 12.1 Å². The van der Waals surface area contributed by atoms with Gasteiger partial charge in [-0.3, -0.25) is 10.1 Å². The summed E-state index contributed by atoms with van der Waals surface area (Å²) in [6.45, 7) is 6.38. The summed E-state index contributed by atoms with van der Waals surface area (Å²) in [5.74, 6) is 0.275. The Morgan fingerprint density at radius 2 is 1.76 bits per heavy atom. The molecule has 0 spiro atoms. The fourth-order valence-electron chi connectivity index (χ4n) is 2.25. The van der Waals surface area contributed by atoms with Crippen LogP contribution < -0.4 is 21.1 Å². The molecule has 0 aromatic heterocycles. The van der Waals surface area contributed by atoms with Crippen molar-refractivity contribution in [2.45, 2.75) is 26.2 Å². The van der Waals surface area contributed by atoms with Crippen molar-refractivity contribution in [1.29, 1.82) is 0 Å². The zero-order chi connectivity index (χ0) is 18.6. The summed E-state index contributed by atoms with van der Waals surface area (Å²) in [6.07, 6.45) is 0. The average molecular weight is 357 g/mol. The minimum absolute atomic E-state index is 0.0417. The van der Waals surface area contributed by atoms with Crippen LogP contribution in [-0.2, 0) is 5.41 Å². The van der Waals surface area contributed by atoms with Gasteiger partial charge in [0.05, 0.1) is 12.8 Å². The topological polar surface area (TPSA) is 76.4 Å². The molecule has 2 aromatic carbocycles. The van der Waals surface area contributed by atoms with Gasteiger partial charge in [-0.1, -0.05) is 32.9 Å². The van der Waals surface area contributed by atoms with Gasteiger partial charge in [-0.05, 0) is 47.5 Å². The van der Waals surface area contributed by atoms with E-state index in [2.05, 4.69) is 31.4 Å². The molecule has 0 aliphatic carbocycles. The quantitative estimate of drug-likeness (QED) is 0.577. The van der Waals surface area contributed by atoms with E-state index in [0.717, 1.165) is 0 Å². The van der Waals surface area contributed by atoms with Crippen LogP contribution in [0.3, 0.4) is 0 Å². The molecular formula is C19H23N3O2S. The molecule has 2 rings (SSSR count). The fourth-order valence-corrected chi connectivity index (χ4v) is 2.46. The number of hydrogen-bond donors (Lipinski definition) is 3. The smallest absolute Gasteiger partial charge is 0.257 e. The molecule has 5 nitrogen and oxygen atoms in total. The Morgan fingerprint density at radius 1 is 1.12 bits per heavy atom. The first kappa shape index (κ1) is 18.7. The summed E-state index contributed by atoms with van der Waals surface area (Å²) < 4.78 is 5.16. The van der Waals surface area contributed by atoms with Gasteiger partial charge in [-0.2, -0.15) is 0 Å². The van der Waals surface area contributed by atoms with Gasteiger partial charge in [-0.15, -0.1) is 0 Å². The Bertz CT molecular complexity index is 780. The SMILES string of the molecule is COc1cc(NC(=S)NC(=O)c2ccc(C(C)(C)C)cc2)ccc1N. The molecule has 0 saturated carbocycles. The molecule has 0 atom stereocenters. The van der Waals surface area contributed by atoms with Crippen LogP contribution in [0.4, 0.5) is 11.4 Å². The number of rotatable bonds is 3. The van der Waals surface area contributed by atoms with E-state index in [1.54, 1.807) is 30.3 Å². The molecule has 132 valence electrons. The predicted molar refractivity (Wildman–Crippen MR) is 106 cm³/mol. The number of thiocarbonyl (C=S) groups is 1. The van der Waals surface area contributed by atoms with Crippen molar-refractivity contribution in [2.24, 2.45) is 0 Å². The molecule has 25 heavy (non-hydrogen) atoms. The number of benzene rings is 2. The van der Waals surface area contributed by atoms with Gasteiger partial charge in [0.1, 0.15) is 5.75 Å². The van der Waals surface area contributed by atoms with Crippen molar-refractivity contribution >= 4 is 34.6 Å². The molecule has 0 aliphatic heterocycles. The number of carbonyl (C=O) groups is 1. The Morgan fingerprint density at radius 3 is 2.32 bits per heavy atom. The van der Waals surface area contributed by atoms with Crippen LogP contribution in [0.2, 0.25) is 0 Å². The first-order chi connectivity index (χ1) is 11.7. The number of hydrogen-bond acceptors (Lipinski definition) is 4. The lowest BCUT2D eigenvalue weighted by atomic mass is 9.87. The monoisotopic (exact) mass is 357 g/mol. The second-order valence-corrected chi connectivity index (χ2v) is 7.10. The standard InChI is InChI=1S/C19H23N3O2S/c1-19(2,3)13-7-5-12(6-8-13)17(23)22-18(25)21-14-9-10-15(20)16(11-14)24-4/h5-11H,20H2,1-4H3,(H2,21,22,23,25). The maximum Gasteiger partial charge on any atom is 0.257 e. The lowest BCUT2D eigenvalue weighted by Gasteiger charge is -2.19. The van der Waals surface area contributed by atoms with Gasteiger partial charge in [-0.25, -0.2) is 0 Å². The maximum atomic E-state index is 12.3. The van der Waals surface area contributed by atoms with Gasteiger partial charge in [0.15, 0.2) is 5.11 Å². The van der Waals surface area contributed by atoms with Gasteiger partial charge in [0.25, 0.3) is 5.91 Å². The van der Waals surface area contributed by atoms with Crippen molar-refractivity contribution < 1.29 is 9.53 Å². The first-order valence-corrected chi connectivity index (χ1v) is 8.28. The summed E-state index contributed by atoms with van der Waals surface area (Å²) in [5, 5.41) is 5.81. The first-order valence-electron chi connectivity index (χ1n) is 7.87. The molecule has 0 unspecified atom stereocenters. The van der Waals surface area contributed by atoms with Crippen molar-refractivity contribution in [1.82, 2.24) is 5.32 Å². The molecule has 0 radical (unpaired) electrons. The summed E-state index contributed by atoms with van der Waals surface area (Å²) >= 11 is 5.19. The zero-order valence-electron chi connectivity index (χ0n) is 14.8. The van der Waals surface area contributed by atoms with Crippen LogP contribution in [0.15, 0.2) is 42.5 Å². The Kier molecular flexibility index (Phi) is 5.64. The predicted octanol–water partition coefficient (Wildman–Crippen LogP) is 3.70. The van der Waals surface area contributed by atoms with Crippen LogP contribution in [0.1, 0.15) is 36.7 Å². The fraction of sp³-hybridized carbons (Fsp3) is 0.263. The van der Waals surface area contributed by atoms with E-state index >= 15 is 0 Å². The highest BCUT2D eigenvalue weighted by Gasteiger charge is 2.15. The van der Waals surface area contributed by atoms with Gasteiger partial charge >= 0.3 is 0 Å². The number of methoxy groups -OCH3 is 1. The number of nitrogen functional groups attached to an aromatic ring is 1.